The van der Waals surface area contributed by atoms with Gasteiger partial charge in [-0.3, -0.25) is 4.79 Å². The third-order valence-corrected chi connectivity index (χ3v) is 5.39. The fraction of sp³-hybridized carbons (Fsp3) is 0.208. The zero-order valence-electron chi connectivity index (χ0n) is 16.9. The van der Waals surface area contributed by atoms with E-state index in [0.29, 0.717) is 32.2 Å². The van der Waals surface area contributed by atoms with Gasteiger partial charge < -0.3 is 19.4 Å². The van der Waals surface area contributed by atoms with Gasteiger partial charge in [0.05, 0.1) is 24.1 Å². The van der Waals surface area contributed by atoms with E-state index >= 15 is 0 Å². The minimum Gasteiger partial charge on any atom is -0.474 e. The third-order valence-electron chi connectivity index (χ3n) is 5.39. The summed E-state index contributed by atoms with van der Waals surface area (Å²) in [6.45, 7) is 1.83. The number of morpholine rings is 1. The van der Waals surface area contributed by atoms with Crippen LogP contribution in [0.3, 0.4) is 0 Å². The highest BCUT2D eigenvalue weighted by atomic mass is 16.5. The van der Waals surface area contributed by atoms with E-state index in [4.69, 9.17) is 9.47 Å². The first kappa shape index (κ1) is 19.3. The van der Waals surface area contributed by atoms with Crippen LogP contribution in [-0.4, -0.2) is 58.2 Å². The van der Waals surface area contributed by atoms with Crippen LogP contribution < -0.4 is 4.74 Å². The maximum atomic E-state index is 12.7. The average Bonchev–Trinajstić information content (AvgIpc) is 3.24. The molecule has 7 nitrogen and oxygen atoms in total. The van der Waals surface area contributed by atoms with Gasteiger partial charge >= 0.3 is 0 Å². The van der Waals surface area contributed by atoms with Crippen LogP contribution >= 0.6 is 0 Å². The Morgan fingerprint density at radius 3 is 2.94 bits per heavy atom. The van der Waals surface area contributed by atoms with Crippen molar-refractivity contribution in [1.29, 1.82) is 0 Å². The second-order valence-electron chi connectivity index (χ2n) is 7.41. The zero-order chi connectivity index (χ0) is 21.0. The molecule has 2 aromatic heterocycles. The number of amides is 1. The van der Waals surface area contributed by atoms with Crippen LogP contribution in [0.2, 0.25) is 0 Å². The van der Waals surface area contributed by atoms with Crippen LogP contribution in [0.5, 0.6) is 5.88 Å². The number of fused-ring (bicyclic) bond motifs is 2. The molecule has 156 valence electrons. The Balaban J connectivity index is 1.22. The lowest BCUT2D eigenvalue weighted by Gasteiger charge is -2.32. The van der Waals surface area contributed by atoms with E-state index in [-0.39, 0.29) is 12.0 Å². The number of aromatic amines is 1. The molecule has 0 saturated carbocycles. The standard InChI is InChI=1S/C24H22N4O3/c29-23(10-9-17-13-25-21-7-3-1-5-19(17)21)28-11-12-30-18(14-28)15-31-24-20-6-2-4-8-22(20)26-16-27-24/h1-10,13,16,18,25H,11-12,14-15H2. The maximum Gasteiger partial charge on any atom is 0.246 e. The Kier molecular flexibility index (Phi) is 5.33. The number of para-hydroxylation sites is 2. The summed E-state index contributed by atoms with van der Waals surface area (Å²) in [4.78, 5) is 26.2. The largest absolute Gasteiger partial charge is 0.474 e. The number of rotatable bonds is 5. The number of carbonyl (C=O) groups is 1. The normalized spacial score (nSPS) is 16.9. The van der Waals surface area contributed by atoms with Crippen molar-refractivity contribution in [2.45, 2.75) is 6.10 Å². The Morgan fingerprint density at radius 2 is 2.00 bits per heavy atom. The molecule has 1 unspecified atom stereocenters. The Hall–Kier alpha value is -3.71. The molecule has 1 N–H and O–H groups in total. The molecule has 0 radical (unpaired) electrons. The summed E-state index contributed by atoms with van der Waals surface area (Å²) in [5, 5.41) is 1.95. The van der Waals surface area contributed by atoms with Gasteiger partial charge in [0.2, 0.25) is 11.8 Å². The molecular weight excluding hydrogens is 392 g/mol. The van der Waals surface area contributed by atoms with Gasteiger partial charge in [0, 0.05) is 29.7 Å². The second-order valence-corrected chi connectivity index (χ2v) is 7.41. The average molecular weight is 414 g/mol. The van der Waals surface area contributed by atoms with Crippen molar-refractivity contribution in [3.05, 3.63) is 72.7 Å². The number of H-pyrrole nitrogens is 1. The highest BCUT2D eigenvalue weighted by Crippen LogP contribution is 2.22. The Morgan fingerprint density at radius 1 is 1.16 bits per heavy atom. The van der Waals surface area contributed by atoms with Crippen LogP contribution in [0.1, 0.15) is 5.56 Å². The van der Waals surface area contributed by atoms with Gasteiger partial charge in [-0.2, -0.15) is 0 Å². The molecule has 1 aliphatic heterocycles. The molecule has 5 rings (SSSR count). The van der Waals surface area contributed by atoms with Gasteiger partial charge in [-0.05, 0) is 29.8 Å². The van der Waals surface area contributed by atoms with Crippen molar-refractivity contribution in [3.63, 3.8) is 0 Å². The van der Waals surface area contributed by atoms with Crippen molar-refractivity contribution in [3.8, 4) is 5.88 Å². The molecule has 0 bridgehead atoms. The molecule has 1 fully saturated rings. The van der Waals surface area contributed by atoms with Gasteiger partial charge in [-0.1, -0.05) is 30.3 Å². The van der Waals surface area contributed by atoms with Gasteiger partial charge in [-0.25, -0.2) is 9.97 Å². The first-order chi connectivity index (χ1) is 15.3. The van der Waals surface area contributed by atoms with Gasteiger partial charge in [-0.15, -0.1) is 0 Å². The second kappa shape index (κ2) is 8.57. The molecule has 1 saturated heterocycles. The highest BCUT2D eigenvalue weighted by Gasteiger charge is 2.24. The van der Waals surface area contributed by atoms with E-state index in [9.17, 15) is 4.79 Å². The number of ether oxygens (including phenoxy) is 2. The van der Waals surface area contributed by atoms with Crippen LogP contribution in [0.4, 0.5) is 0 Å². The van der Waals surface area contributed by atoms with E-state index in [1.54, 1.807) is 11.0 Å². The highest BCUT2D eigenvalue weighted by molar-refractivity contribution is 5.96. The number of hydrogen-bond donors (Lipinski definition) is 1. The molecule has 1 aliphatic rings. The number of aromatic nitrogens is 3. The van der Waals surface area contributed by atoms with E-state index in [0.717, 1.165) is 27.4 Å². The summed E-state index contributed by atoms with van der Waals surface area (Å²) in [7, 11) is 0. The predicted molar refractivity (Wildman–Crippen MR) is 119 cm³/mol. The van der Waals surface area contributed by atoms with E-state index in [1.807, 2.05) is 60.8 Å². The summed E-state index contributed by atoms with van der Waals surface area (Å²) >= 11 is 0. The summed E-state index contributed by atoms with van der Waals surface area (Å²) in [5.74, 6) is 0.489. The molecule has 0 spiro atoms. The lowest BCUT2D eigenvalue weighted by atomic mass is 10.1. The summed E-state index contributed by atoms with van der Waals surface area (Å²) in [5.41, 5.74) is 2.87. The molecule has 1 amide bonds. The summed E-state index contributed by atoms with van der Waals surface area (Å²) in [6, 6.07) is 15.7. The SMILES string of the molecule is O=C(C=Cc1c[nH]c2ccccc12)N1CCOC(COc2ncnc3ccccc23)C1. The lowest BCUT2D eigenvalue weighted by molar-refractivity contribution is -0.134. The molecule has 1 atom stereocenters. The van der Waals surface area contributed by atoms with Crippen molar-refractivity contribution in [2.75, 3.05) is 26.3 Å². The fourth-order valence-corrected chi connectivity index (χ4v) is 3.79. The van der Waals surface area contributed by atoms with E-state index in [1.165, 1.54) is 6.33 Å². The van der Waals surface area contributed by atoms with Gasteiger partial charge in [0.25, 0.3) is 0 Å². The van der Waals surface area contributed by atoms with Crippen LogP contribution in [0.15, 0.2) is 67.1 Å². The molecule has 31 heavy (non-hydrogen) atoms. The molecular formula is C24H22N4O3. The number of nitrogens with one attached hydrogen (secondary N) is 1. The Bertz CT molecular complexity index is 1240. The summed E-state index contributed by atoms with van der Waals surface area (Å²) in [6.07, 6.45) is 6.67. The monoisotopic (exact) mass is 414 g/mol. The lowest BCUT2D eigenvalue weighted by Crippen LogP contribution is -2.47. The minimum atomic E-state index is -0.215. The van der Waals surface area contributed by atoms with Crippen molar-refractivity contribution in [2.24, 2.45) is 0 Å². The molecule has 4 aromatic rings. The first-order valence-electron chi connectivity index (χ1n) is 10.3. The molecule has 0 aliphatic carbocycles. The molecule has 3 heterocycles. The quantitative estimate of drug-likeness (QED) is 0.506. The molecule has 2 aromatic carbocycles. The number of hydrogen-bond acceptors (Lipinski definition) is 5. The zero-order valence-corrected chi connectivity index (χ0v) is 16.9. The number of benzene rings is 2. The topological polar surface area (TPSA) is 80.3 Å². The van der Waals surface area contributed by atoms with Crippen LogP contribution in [0, 0.1) is 0 Å². The number of nitrogens with zero attached hydrogens (tertiary/aromatic N) is 3. The van der Waals surface area contributed by atoms with E-state index in [2.05, 4.69) is 15.0 Å². The summed E-state index contributed by atoms with van der Waals surface area (Å²) < 4.78 is 11.7. The van der Waals surface area contributed by atoms with Crippen molar-refractivity contribution >= 4 is 33.8 Å². The minimum absolute atomic E-state index is 0.0360. The smallest absolute Gasteiger partial charge is 0.246 e. The van der Waals surface area contributed by atoms with E-state index < -0.39 is 0 Å². The third kappa shape index (κ3) is 4.13. The predicted octanol–water partition coefficient (Wildman–Crippen LogP) is 3.43. The van der Waals surface area contributed by atoms with Crippen LogP contribution in [0.25, 0.3) is 27.9 Å². The molecule has 7 heteroatoms. The van der Waals surface area contributed by atoms with Gasteiger partial charge in [0.1, 0.15) is 19.0 Å². The Labute approximate surface area is 179 Å². The van der Waals surface area contributed by atoms with Gasteiger partial charge in [0.15, 0.2) is 0 Å². The number of carbonyl (C=O) groups excluding carboxylic acids is 1. The van der Waals surface area contributed by atoms with Crippen molar-refractivity contribution < 1.29 is 14.3 Å². The first-order valence-corrected chi connectivity index (χ1v) is 10.3. The van der Waals surface area contributed by atoms with Crippen LogP contribution in [-0.2, 0) is 9.53 Å². The maximum absolute atomic E-state index is 12.7. The van der Waals surface area contributed by atoms with Crippen molar-refractivity contribution in [1.82, 2.24) is 19.9 Å². The fourth-order valence-electron chi connectivity index (χ4n) is 3.79.